The van der Waals surface area contributed by atoms with Crippen LogP contribution in [-0.4, -0.2) is 51.3 Å². The quantitative estimate of drug-likeness (QED) is 0.808. The van der Waals surface area contributed by atoms with Crippen molar-refractivity contribution >= 4 is 6.03 Å². The van der Waals surface area contributed by atoms with Gasteiger partial charge in [0.05, 0.1) is 18.7 Å². The smallest absolute Gasteiger partial charge is 0.315 e. The van der Waals surface area contributed by atoms with Crippen molar-refractivity contribution in [3.8, 4) is 0 Å². The summed E-state index contributed by atoms with van der Waals surface area (Å²) < 4.78 is 5.00. The number of urea groups is 1. The summed E-state index contributed by atoms with van der Waals surface area (Å²) in [7, 11) is 5.64. The van der Waals surface area contributed by atoms with Crippen LogP contribution in [0.25, 0.3) is 0 Å². The van der Waals surface area contributed by atoms with E-state index in [4.69, 9.17) is 4.74 Å². The molecule has 0 aromatic heterocycles. The molecule has 1 aromatic carbocycles. The molecule has 0 aliphatic rings. The number of amides is 2. The van der Waals surface area contributed by atoms with Crippen molar-refractivity contribution in [2.75, 3.05) is 34.4 Å². The monoisotopic (exact) mass is 293 g/mol. The maximum atomic E-state index is 11.8. The Morgan fingerprint density at radius 1 is 1.29 bits per heavy atom. The minimum Gasteiger partial charge on any atom is -0.383 e. The van der Waals surface area contributed by atoms with Gasteiger partial charge in [-0.15, -0.1) is 0 Å². The maximum absolute atomic E-state index is 11.8. The highest BCUT2D eigenvalue weighted by molar-refractivity contribution is 5.74. The van der Waals surface area contributed by atoms with E-state index in [0.717, 1.165) is 0 Å². The fraction of sp³-hybridized carbons (Fsp3) is 0.562. The third kappa shape index (κ3) is 6.14. The average Bonchev–Trinajstić information content (AvgIpc) is 2.40. The summed E-state index contributed by atoms with van der Waals surface area (Å²) in [6, 6.07) is 8.36. The zero-order chi connectivity index (χ0) is 15.8. The summed E-state index contributed by atoms with van der Waals surface area (Å²) >= 11 is 0. The number of aryl methyl sites for hydroxylation is 1. The van der Waals surface area contributed by atoms with Gasteiger partial charge in [0.25, 0.3) is 0 Å². The molecule has 5 nitrogen and oxygen atoms in total. The van der Waals surface area contributed by atoms with E-state index in [2.05, 4.69) is 46.7 Å². The summed E-state index contributed by atoms with van der Waals surface area (Å²) in [5.41, 5.74) is 2.42. The van der Waals surface area contributed by atoms with Crippen molar-refractivity contribution in [2.24, 2.45) is 0 Å². The van der Waals surface area contributed by atoms with Gasteiger partial charge in [-0.2, -0.15) is 0 Å². The van der Waals surface area contributed by atoms with Gasteiger partial charge >= 0.3 is 6.03 Å². The molecule has 0 fully saturated rings. The first-order chi connectivity index (χ1) is 9.93. The van der Waals surface area contributed by atoms with Crippen molar-refractivity contribution in [3.05, 3.63) is 35.4 Å². The Balaban J connectivity index is 2.56. The number of rotatable bonds is 7. The van der Waals surface area contributed by atoms with Crippen LogP contribution in [0, 0.1) is 6.92 Å². The van der Waals surface area contributed by atoms with E-state index in [1.165, 1.54) is 11.1 Å². The molecular weight excluding hydrogens is 266 g/mol. The molecule has 0 unspecified atom stereocenters. The van der Waals surface area contributed by atoms with E-state index < -0.39 is 0 Å². The molecule has 2 atom stereocenters. The molecule has 118 valence electrons. The van der Waals surface area contributed by atoms with Gasteiger partial charge in [-0.05, 0) is 33.5 Å². The Morgan fingerprint density at radius 3 is 2.43 bits per heavy atom. The van der Waals surface area contributed by atoms with E-state index in [9.17, 15) is 4.79 Å². The largest absolute Gasteiger partial charge is 0.383 e. The predicted octanol–water partition coefficient (Wildman–Crippen LogP) is 1.93. The van der Waals surface area contributed by atoms with Crippen LogP contribution in [0.4, 0.5) is 4.79 Å². The Morgan fingerprint density at radius 2 is 1.90 bits per heavy atom. The first-order valence-electron chi connectivity index (χ1n) is 7.20. The highest BCUT2D eigenvalue weighted by atomic mass is 16.5. The first kappa shape index (κ1) is 17.5. The molecular formula is C16H27N3O2. The third-order valence-corrected chi connectivity index (χ3v) is 3.34. The van der Waals surface area contributed by atoms with Crippen molar-refractivity contribution in [2.45, 2.75) is 25.9 Å². The first-order valence-corrected chi connectivity index (χ1v) is 7.20. The fourth-order valence-electron chi connectivity index (χ4n) is 2.14. The highest BCUT2D eigenvalue weighted by Crippen LogP contribution is 2.17. The van der Waals surface area contributed by atoms with E-state index in [1.807, 2.05) is 21.0 Å². The molecule has 0 heterocycles. The van der Waals surface area contributed by atoms with Crippen molar-refractivity contribution in [1.82, 2.24) is 15.5 Å². The molecule has 0 bridgehead atoms. The normalized spacial score (nSPS) is 13.8. The lowest BCUT2D eigenvalue weighted by molar-refractivity contribution is 0.170. The second-order valence-electron chi connectivity index (χ2n) is 5.60. The van der Waals surface area contributed by atoms with Crippen LogP contribution < -0.4 is 10.6 Å². The molecule has 0 saturated heterocycles. The van der Waals surface area contributed by atoms with Gasteiger partial charge in [0.1, 0.15) is 0 Å². The van der Waals surface area contributed by atoms with Crippen LogP contribution in [0.1, 0.15) is 24.1 Å². The molecule has 2 amide bonds. The molecule has 1 rings (SSSR count). The van der Waals surface area contributed by atoms with E-state index in [0.29, 0.717) is 13.2 Å². The SMILES string of the molecule is COC[C@@H](C)NC(=O)NC[C@@H](c1ccc(C)cc1)N(C)C. The Hall–Kier alpha value is -1.59. The van der Waals surface area contributed by atoms with Gasteiger partial charge in [-0.25, -0.2) is 4.79 Å². The summed E-state index contributed by atoms with van der Waals surface area (Å²) in [4.78, 5) is 13.9. The summed E-state index contributed by atoms with van der Waals surface area (Å²) in [5, 5.41) is 5.76. The topological polar surface area (TPSA) is 53.6 Å². The number of carbonyl (C=O) groups excluding carboxylic acids is 1. The molecule has 0 saturated carbocycles. The molecule has 0 aliphatic carbocycles. The van der Waals surface area contributed by atoms with Gasteiger partial charge in [-0.1, -0.05) is 29.8 Å². The number of hydrogen-bond acceptors (Lipinski definition) is 3. The fourth-order valence-corrected chi connectivity index (χ4v) is 2.14. The van der Waals surface area contributed by atoms with Crippen LogP contribution in [0.3, 0.4) is 0 Å². The van der Waals surface area contributed by atoms with Crippen LogP contribution >= 0.6 is 0 Å². The van der Waals surface area contributed by atoms with E-state index >= 15 is 0 Å². The third-order valence-electron chi connectivity index (χ3n) is 3.34. The van der Waals surface area contributed by atoms with Crippen LogP contribution in [0.15, 0.2) is 24.3 Å². The number of ether oxygens (including phenoxy) is 1. The minimum atomic E-state index is -0.168. The van der Waals surface area contributed by atoms with Gasteiger partial charge in [0, 0.05) is 13.7 Å². The number of likely N-dealkylation sites (N-methyl/N-ethyl adjacent to an activating group) is 1. The minimum absolute atomic E-state index is 0.00724. The lowest BCUT2D eigenvalue weighted by atomic mass is 10.0. The summed E-state index contributed by atoms with van der Waals surface area (Å²) in [6.45, 7) is 5.04. The van der Waals surface area contributed by atoms with Gasteiger partial charge in [-0.3, -0.25) is 0 Å². The van der Waals surface area contributed by atoms with E-state index in [1.54, 1.807) is 7.11 Å². The Labute approximate surface area is 127 Å². The second kappa shape index (κ2) is 8.64. The second-order valence-corrected chi connectivity index (χ2v) is 5.60. The number of benzene rings is 1. The molecule has 0 radical (unpaired) electrons. The van der Waals surface area contributed by atoms with Gasteiger partial charge in [0.2, 0.25) is 0 Å². The van der Waals surface area contributed by atoms with Crippen molar-refractivity contribution < 1.29 is 9.53 Å². The molecule has 5 heteroatoms. The molecule has 1 aromatic rings. The number of nitrogens with zero attached hydrogens (tertiary/aromatic N) is 1. The molecule has 0 spiro atoms. The number of hydrogen-bond donors (Lipinski definition) is 2. The number of nitrogens with one attached hydrogen (secondary N) is 2. The lowest BCUT2D eigenvalue weighted by Crippen LogP contribution is -2.45. The molecule has 2 N–H and O–H groups in total. The number of carbonyl (C=O) groups is 1. The highest BCUT2D eigenvalue weighted by Gasteiger charge is 2.15. The standard InChI is InChI=1S/C16H27N3O2/c1-12-6-8-14(9-7-12)15(19(3)4)10-17-16(20)18-13(2)11-21-5/h6-9,13,15H,10-11H2,1-5H3,(H2,17,18,20)/t13-,15+/m1/s1. The Kier molecular flexibility index (Phi) is 7.19. The number of methoxy groups -OCH3 is 1. The van der Waals surface area contributed by atoms with Crippen molar-refractivity contribution in [1.29, 1.82) is 0 Å². The zero-order valence-corrected chi connectivity index (χ0v) is 13.6. The van der Waals surface area contributed by atoms with Crippen molar-refractivity contribution in [3.63, 3.8) is 0 Å². The molecule has 21 heavy (non-hydrogen) atoms. The molecule has 0 aliphatic heterocycles. The van der Waals surface area contributed by atoms with Gasteiger partial charge in [0.15, 0.2) is 0 Å². The summed E-state index contributed by atoms with van der Waals surface area (Å²) in [6.07, 6.45) is 0. The van der Waals surface area contributed by atoms with E-state index in [-0.39, 0.29) is 18.1 Å². The van der Waals surface area contributed by atoms with Crippen LogP contribution in [0.5, 0.6) is 0 Å². The van der Waals surface area contributed by atoms with Crippen LogP contribution in [-0.2, 0) is 4.74 Å². The summed E-state index contributed by atoms with van der Waals surface area (Å²) in [5.74, 6) is 0. The zero-order valence-electron chi connectivity index (χ0n) is 13.6. The van der Waals surface area contributed by atoms with Gasteiger partial charge < -0.3 is 20.3 Å². The predicted molar refractivity (Wildman–Crippen MR) is 85.5 cm³/mol. The average molecular weight is 293 g/mol. The Bertz CT molecular complexity index is 432. The lowest BCUT2D eigenvalue weighted by Gasteiger charge is -2.25. The maximum Gasteiger partial charge on any atom is 0.315 e. The van der Waals surface area contributed by atoms with Crippen LogP contribution in [0.2, 0.25) is 0 Å².